The smallest absolute Gasteiger partial charge is 0.376 e. The first kappa shape index (κ1) is 16.1. The third-order valence-electron chi connectivity index (χ3n) is 3.98. The summed E-state index contributed by atoms with van der Waals surface area (Å²) in [6, 6.07) is 0. The molecule has 1 aliphatic rings. The third kappa shape index (κ3) is 4.32. The van der Waals surface area contributed by atoms with Gasteiger partial charge in [0.15, 0.2) is 5.89 Å². The zero-order chi connectivity index (χ0) is 15.2. The SMILES string of the molecule is CCOC(=O)c1oc(C2CCCCCC2)nc1CC(C)C. The van der Waals surface area contributed by atoms with E-state index in [-0.39, 0.29) is 5.97 Å². The Hall–Kier alpha value is -1.32. The highest BCUT2D eigenvalue weighted by Crippen LogP contribution is 2.32. The number of hydrogen-bond acceptors (Lipinski definition) is 4. The average Bonchev–Trinajstić information content (AvgIpc) is 2.67. The Balaban J connectivity index is 2.23. The average molecular weight is 293 g/mol. The fraction of sp³-hybridized carbons (Fsp3) is 0.765. The van der Waals surface area contributed by atoms with E-state index in [0.29, 0.717) is 24.2 Å². The Morgan fingerprint density at radius 2 is 1.95 bits per heavy atom. The molecule has 0 saturated heterocycles. The third-order valence-corrected chi connectivity index (χ3v) is 3.98. The molecule has 0 spiro atoms. The van der Waals surface area contributed by atoms with E-state index in [1.54, 1.807) is 0 Å². The van der Waals surface area contributed by atoms with Crippen molar-refractivity contribution in [2.45, 2.75) is 71.6 Å². The molecule has 1 heterocycles. The predicted octanol–water partition coefficient (Wildman–Crippen LogP) is 4.49. The van der Waals surface area contributed by atoms with Gasteiger partial charge in [0.2, 0.25) is 5.76 Å². The summed E-state index contributed by atoms with van der Waals surface area (Å²) < 4.78 is 10.9. The molecule has 1 saturated carbocycles. The molecule has 4 nitrogen and oxygen atoms in total. The van der Waals surface area contributed by atoms with Crippen molar-refractivity contribution in [3.8, 4) is 0 Å². The van der Waals surface area contributed by atoms with Gasteiger partial charge in [0.25, 0.3) is 0 Å². The van der Waals surface area contributed by atoms with E-state index in [1.165, 1.54) is 25.7 Å². The molecule has 0 atom stereocenters. The van der Waals surface area contributed by atoms with Crippen molar-refractivity contribution in [2.75, 3.05) is 6.61 Å². The van der Waals surface area contributed by atoms with Crippen LogP contribution in [0, 0.1) is 5.92 Å². The van der Waals surface area contributed by atoms with Crippen LogP contribution in [0.4, 0.5) is 0 Å². The van der Waals surface area contributed by atoms with Crippen LogP contribution in [0.1, 0.15) is 87.4 Å². The van der Waals surface area contributed by atoms with Crippen molar-refractivity contribution in [2.24, 2.45) is 5.92 Å². The van der Waals surface area contributed by atoms with Crippen molar-refractivity contribution in [1.82, 2.24) is 4.98 Å². The van der Waals surface area contributed by atoms with Crippen LogP contribution < -0.4 is 0 Å². The van der Waals surface area contributed by atoms with E-state index in [9.17, 15) is 4.79 Å². The highest BCUT2D eigenvalue weighted by atomic mass is 16.5. The number of carbonyl (C=O) groups is 1. The normalized spacial score (nSPS) is 17.0. The largest absolute Gasteiger partial charge is 0.460 e. The van der Waals surface area contributed by atoms with Crippen LogP contribution in [-0.2, 0) is 11.2 Å². The van der Waals surface area contributed by atoms with Gasteiger partial charge in [-0.15, -0.1) is 0 Å². The van der Waals surface area contributed by atoms with Crippen LogP contribution in [-0.4, -0.2) is 17.6 Å². The molecular formula is C17H27NO3. The van der Waals surface area contributed by atoms with Gasteiger partial charge in [-0.2, -0.15) is 0 Å². The summed E-state index contributed by atoms with van der Waals surface area (Å²) in [4.78, 5) is 16.7. The fourth-order valence-corrected chi connectivity index (χ4v) is 2.95. The highest BCUT2D eigenvalue weighted by Gasteiger charge is 2.26. The molecule has 0 N–H and O–H groups in total. The van der Waals surface area contributed by atoms with Crippen molar-refractivity contribution < 1.29 is 13.9 Å². The Labute approximate surface area is 127 Å². The molecule has 1 aromatic rings. The van der Waals surface area contributed by atoms with Gasteiger partial charge in [0.1, 0.15) is 0 Å². The van der Waals surface area contributed by atoms with Crippen LogP contribution in [0.5, 0.6) is 0 Å². The molecule has 0 bridgehead atoms. The summed E-state index contributed by atoms with van der Waals surface area (Å²) in [5, 5.41) is 0. The van der Waals surface area contributed by atoms with E-state index >= 15 is 0 Å². The number of oxazole rings is 1. The molecule has 1 aliphatic carbocycles. The molecule has 118 valence electrons. The minimum absolute atomic E-state index is 0.324. The number of ether oxygens (including phenoxy) is 1. The molecular weight excluding hydrogens is 266 g/mol. The van der Waals surface area contributed by atoms with E-state index in [2.05, 4.69) is 18.8 Å². The molecule has 4 heteroatoms. The van der Waals surface area contributed by atoms with Crippen LogP contribution >= 0.6 is 0 Å². The Morgan fingerprint density at radius 3 is 2.52 bits per heavy atom. The van der Waals surface area contributed by atoms with Gasteiger partial charge in [0, 0.05) is 5.92 Å². The lowest BCUT2D eigenvalue weighted by molar-refractivity contribution is 0.0485. The van der Waals surface area contributed by atoms with Gasteiger partial charge < -0.3 is 9.15 Å². The molecule has 2 rings (SSSR count). The van der Waals surface area contributed by atoms with E-state index in [0.717, 1.165) is 30.8 Å². The molecule has 0 unspecified atom stereocenters. The van der Waals surface area contributed by atoms with Gasteiger partial charge in [-0.3, -0.25) is 0 Å². The van der Waals surface area contributed by atoms with Crippen molar-refractivity contribution >= 4 is 5.97 Å². The monoisotopic (exact) mass is 293 g/mol. The molecule has 0 radical (unpaired) electrons. The number of esters is 1. The van der Waals surface area contributed by atoms with Gasteiger partial charge >= 0.3 is 5.97 Å². The van der Waals surface area contributed by atoms with Gasteiger partial charge in [-0.1, -0.05) is 39.5 Å². The van der Waals surface area contributed by atoms with Crippen molar-refractivity contribution in [3.05, 3.63) is 17.3 Å². The first-order valence-corrected chi connectivity index (χ1v) is 8.28. The number of rotatable bonds is 5. The highest BCUT2D eigenvalue weighted by molar-refractivity contribution is 5.87. The number of hydrogen-bond donors (Lipinski definition) is 0. The second-order valence-corrected chi connectivity index (χ2v) is 6.33. The first-order valence-electron chi connectivity index (χ1n) is 8.28. The molecule has 1 fully saturated rings. The number of carbonyl (C=O) groups excluding carboxylic acids is 1. The zero-order valence-corrected chi connectivity index (χ0v) is 13.5. The van der Waals surface area contributed by atoms with Gasteiger partial charge in [-0.25, -0.2) is 9.78 Å². The lowest BCUT2D eigenvalue weighted by Gasteiger charge is -2.08. The summed E-state index contributed by atoms with van der Waals surface area (Å²) in [6.07, 6.45) is 8.02. The number of nitrogens with zero attached hydrogens (tertiary/aromatic N) is 1. The molecule has 1 aromatic heterocycles. The molecule has 0 amide bonds. The maximum absolute atomic E-state index is 12.1. The predicted molar refractivity (Wildman–Crippen MR) is 81.4 cm³/mol. The minimum Gasteiger partial charge on any atom is -0.460 e. The summed E-state index contributed by atoms with van der Waals surface area (Å²) in [7, 11) is 0. The lowest BCUT2D eigenvalue weighted by Crippen LogP contribution is -2.08. The van der Waals surface area contributed by atoms with Gasteiger partial charge in [-0.05, 0) is 32.1 Å². The van der Waals surface area contributed by atoms with E-state index in [4.69, 9.17) is 9.15 Å². The second kappa shape index (κ2) is 7.62. The maximum atomic E-state index is 12.1. The van der Waals surface area contributed by atoms with Crippen LogP contribution in [0.15, 0.2) is 4.42 Å². The Kier molecular flexibility index (Phi) is 5.83. The van der Waals surface area contributed by atoms with Crippen LogP contribution in [0.2, 0.25) is 0 Å². The quantitative estimate of drug-likeness (QED) is 0.593. The van der Waals surface area contributed by atoms with E-state index < -0.39 is 0 Å². The Bertz CT molecular complexity index is 457. The molecule has 0 aromatic carbocycles. The standard InChI is InChI=1S/C17H27NO3/c1-4-20-17(19)15-14(11-12(2)3)18-16(21-15)13-9-7-5-6-8-10-13/h12-13H,4-11H2,1-3H3. The molecule has 21 heavy (non-hydrogen) atoms. The molecule has 0 aliphatic heterocycles. The van der Waals surface area contributed by atoms with E-state index in [1.807, 2.05) is 6.92 Å². The van der Waals surface area contributed by atoms with Crippen molar-refractivity contribution in [3.63, 3.8) is 0 Å². The first-order chi connectivity index (χ1) is 10.1. The summed E-state index contributed by atoms with van der Waals surface area (Å²) in [5.41, 5.74) is 0.766. The van der Waals surface area contributed by atoms with Crippen molar-refractivity contribution in [1.29, 1.82) is 0 Å². The zero-order valence-electron chi connectivity index (χ0n) is 13.5. The fourth-order valence-electron chi connectivity index (χ4n) is 2.95. The number of aromatic nitrogens is 1. The summed E-state index contributed by atoms with van der Waals surface area (Å²) in [5.74, 6) is 1.49. The summed E-state index contributed by atoms with van der Waals surface area (Å²) >= 11 is 0. The minimum atomic E-state index is -0.375. The maximum Gasteiger partial charge on any atom is 0.376 e. The second-order valence-electron chi connectivity index (χ2n) is 6.33. The summed E-state index contributed by atoms with van der Waals surface area (Å²) in [6.45, 7) is 6.41. The topological polar surface area (TPSA) is 52.3 Å². The lowest BCUT2D eigenvalue weighted by atomic mass is 10.0. The Morgan fingerprint density at radius 1 is 1.29 bits per heavy atom. The van der Waals surface area contributed by atoms with Gasteiger partial charge in [0.05, 0.1) is 12.3 Å². The van der Waals surface area contributed by atoms with Crippen LogP contribution in [0.3, 0.4) is 0 Å². The van der Waals surface area contributed by atoms with Crippen LogP contribution in [0.25, 0.3) is 0 Å².